The first-order valence-corrected chi connectivity index (χ1v) is 8.56. The molecule has 1 N–H and O–H groups in total. The van der Waals surface area contributed by atoms with Gasteiger partial charge in [0.1, 0.15) is 10.6 Å². The van der Waals surface area contributed by atoms with E-state index in [1.807, 2.05) is 20.8 Å². The Hall–Kier alpha value is -1.24. The molecule has 0 aliphatic heterocycles. The Labute approximate surface area is 132 Å². The van der Waals surface area contributed by atoms with E-state index < -0.39 is 9.05 Å². The van der Waals surface area contributed by atoms with Gasteiger partial charge in [-0.1, -0.05) is 11.6 Å². The Bertz CT molecular complexity index is 732. The minimum Gasteiger partial charge on any atom is -0.462 e. The highest BCUT2D eigenvalue weighted by Crippen LogP contribution is 2.23. The molecular formula is C13H15Cl2NO4S. The number of fused-ring (bicyclic) bond motifs is 1. The summed E-state index contributed by atoms with van der Waals surface area (Å²) in [6.45, 7) is 5.92. The zero-order chi connectivity index (χ0) is 16.3. The van der Waals surface area contributed by atoms with Crippen molar-refractivity contribution in [1.82, 2.24) is 4.98 Å². The predicted octanol–water partition coefficient (Wildman–Crippen LogP) is 3.71. The van der Waals surface area contributed by atoms with Gasteiger partial charge in [-0.25, -0.2) is 8.42 Å². The van der Waals surface area contributed by atoms with Crippen LogP contribution in [0.5, 0.6) is 0 Å². The van der Waals surface area contributed by atoms with Gasteiger partial charge in [0.05, 0.1) is 0 Å². The monoisotopic (exact) mass is 351 g/mol. The second kappa shape index (κ2) is 6.68. The van der Waals surface area contributed by atoms with Gasteiger partial charge in [-0.3, -0.25) is 4.79 Å². The van der Waals surface area contributed by atoms with Crippen LogP contribution in [-0.2, 0) is 18.6 Å². The number of carbonyl (C=O) groups is 1. The third-order valence-corrected chi connectivity index (χ3v) is 3.70. The third kappa shape index (κ3) is 5.95. The van der Waals surface area contributed by atoms with E-state index in [1.165, 1.54) is 6.07 Å². The number of hydrogen-bond acceptors (Lipinski definition) is 4. The molecule has 116 valence electrons. The fourth-order valence-corrected chi connectivity index (χ4v) is 2.28. The van der Waals surface area contributed by atoms with Crippen LogP contribution in [0.4, 0.5) is 0 Å². The van der Waals surface area contributed by atoms with Gasteiger partial charge in [0.2, 0.25) is 0 Å². The maximum atomic E-state index is 11.0. The van der Waals surface area contributed by atoms with Crippen molar-refractivity contribution in [3.05, 3.63) is 29.3 Å². The summed E-state index contributed by atoms with van der Waals surface area (Å²) in [5.74, 6) is 0. The molecule has 5 nitrogen and oxygen atoms in total. The van der Waals surface area contributed by atoms with E-state index >= 15 is 0 Å². The van der Waals surface area contributed by atoms with Crippen LogP contribution in [0, 0.1) is 0 Å². The standard InChI is InChI=1S/C8H5Cl2NO2S.C5H10O2/c9-6-1-2-7-5(3-6)4-8(11-7)14(10,12)13;1-5(2,3)7-4-6/h1-4,11H;4H,1-3H3. The van der Waals surface area contributed by atoms with E-state index in [2.05, 4.69) is 9.72 Å². The molecule has 21 heavy (non-hydrogen) atoms. The molecular weight excluding hydrogens is 337 g/mol. The number of aromatic nitrogens is 1. The van der Waals surface area contributed by atoms with E-state index in [0.29, 0.717) is 17.0 Å². The van der Waals surface area contributed by atoms with E-state index in [-0.39, 0.29) is 10.6 Å². The van der Waals surface area contributed by atoms with Gasteiger partial charge in [-0.15, -0.1) is 0 Å². The van der Waals surface area contributed by atoms with Gasteiger partial charge in [0.15, 0.2) is 0 Å². The minimum atomic E-state index is -3.70. The Morgan fingerprint density at radius 2 is 1.86 bits per heavy atom. The average molecular weight is 352 g/mol. The van der Waals surface area contributed by atoms with Crippen LogP contribution in [0.2, 0.25) is 5.02 Å². The van der Waals surface area contributed by atoms with Crippen LogP contribution < -0.4 is 0 Å². The highest BCUT2D eigenvalue weighted by Gasteiger charge is 2.13. The number of H-pyrrole nitrogens is 1. The number of nitrogens with one attached hydrogen (secondary N) is 1. The van der Waals surface area contributed by atoms with E-state index in [4.69, 9.17) is 22.3 Å². The van der Waals surface area contributed by atoms with Crippen molar-refractivity contribution in [1.29, 1.82) is 0 Å². The van der Waals surface area contributed by atoms with Crippen molar-refractivity contribution in [2.75, 3.05) is 0 Å². The molecule has 2 aromatic rings. The van der Waals surface area contributed by atoms with Gasteiger partial charge in [-0.2, -0.15) is 0 Å². The van der Waals surface area contributed by atoms with Gasteiger partial charge in [0, 0.05) is 26.6 Å². The lowest BCUT2D eigenvalue weighted by Gasteiger charge is -2.14. The zero-order valence-electron chi connectivity index (χ0n) is 11.7. The first kappa shape index (κ1) is 17.8. The van der Waals surface area contributed by atoms with Crippen molar-refractivity contribution < 1.29 is 17.9 Å². The lowest BCUT2D eigenvalue weighted by Crippen LogP contribution is -2.17. The average Bonchev–Trinajstić information content (AvgIpc) is 2.70. The summed E-state index contributed by atoms with van der Waals surface area (Å²) in [5, 5.41) is 1.25. The maximum absolute atomic E-state index is 11.0. The van der Waals surface area contributed by atoms with Crippen molar-refractivity contribution in [2.24, 2.45) is 0 Å². The molecule has 8 heteroatoms. The molecule has 0 radical (unpaired) electrons. The SMILES string of the molecule is CC(C)(C)OC=O.O=S(=O)(Cl)c1cc2cc(Cl)ccc2[nH]1. The predicted molar refractivity (Wildman–Crippen MR) is 83.2 cm³/mol. The summed E-state index contributed by atoms with van der Waals surface area (Å²) in [5.41, 5.74) is 0.371. The molecule has 0 saturated heterocycles. The lowest BCUT2D eigenvalue weighted by molar-refractivity contribution is -0.138. The summed E-state index contributed by atoms with van der Waals surface area (Å²) < 4.78 is 26.5. The number of aromatic amines is 1. The molecule has 2 rings (SSSR count). The highest BCUT2D eigenvalue weighted by molar-refractivity contribution is 8.13. The number of halogens is 2. The number of carbonyl (C=O) groups excluding carboxylic acids is 1. The molecule has 0 aliphatic carbocycles. The minimum absolute atomic E-state index is 0.0172. The molecule has 1 aromatic carbocycles. The second-order valence-electron chi connectivity index (χ2n) is 5.13. The maximum Gasteiger partial charge on any atom is 0.293 e. The molecule has 1 aromatic heterocycles. The molecule has 0 atom stereocenters. The molecule has 0 saturated carbocycles. The van der Waals surface area contributed by atoms with Crippen LogP contribution in [-0.4, -0.2) is 25.5 Å². The number of ether oxygens (including phenoxy) is 1. The Morgan fingerprint density at radius 3 is 2.29 bits per heavy atom. The molecule has 0 bridgehead atoms. The van der Waals surface area contributed by atoms with E-state index in [0.717, 1.165) is 5.39 Å². The van der Waals surface area contributed by atoms with Crippen LogP contribution in [0.3, 0.4) is 0 Å². The fourth-order valence-electron chi connectivity index (χ4n) is 1.35. The summed E-state index contributed by atoms with van der Waals surface area (Å²) in [6, 6.07) is 6.48. The van der Waals surface area contributed by atoms with E-state index in [9.17, 15) is 13.2 Å². The zero-order valence-corrected chi connectivity index (χ0v) is 14.0. The highest BCUT2D eigenvalue weighted by atomic mass is 35.7. The fraction of sp³-hybridized carbons (Fsp3) is 0.308. The van der Waals surface area contributed by atoms with Gasteiger partial charge < -0.3 is 9.72 Å². The van der Waals surface area contributed by atoms with E-state index in [1.54, 1.807) is 18.2 Å². The third-order valence-electron chi connectivity index (χ3n) is 2.22. The smallest absolute Gasteiger partial charge is 0.293 e. The van der Waals surface area contributed by atoms with Crippen molar-refractivity contribution in [3.8, 4) is 0 Å². The topological polar surface area (TPSA) is 76.2 Å². The van der Waals surface area contributed by atoms with Crippen LogP contribution >= 0.6 is 22.3 Å². The van der Waals surface area contributed by atoms with Gasteiger partial charge in [0.25, 0.3) is 15.5 Å². The Kier molecular flexibility index (Phi) is 5.67. The summed E-state index contributed by atoms with van der Waals surface area (Å²) >= 11 is 5.75. The molecule has 0 spiro atoms. The largest absolute Gasteiger partial charge is 0.462 e. The van der Waals surface area contributed by atoms with Crippen LogP contribution in [0.15, 0.2) is 29.3 Å². The normalized spacial score (nSPS) is 11.7. The molecule has 0 unspecified atom stereocenters. The van der Waals surface area contributed by atoms with Gasteiger partial charge >= 0.3 is 0 Å². The van der Waals surface area contributed by atoms with Crippen LogP contribution in [0.1, 0.15) is 20.8 Å². The first-order chi connectivity index (χ1) is 9.53. The molecule has 0 amide bonds. The van der Waals surface area contributed by atoms with Crippen molar-refractivity contribution >= 4 is 48.7 Å². The van der Waals surface area contributed by atoms with Gasteiger partial charge in [-0.05, 0) is 45.0 Å². The quantitative estimate of drug-likeness (QED) is 0.660. The molecule has 0 aliphatic rings. The summed E-state index contributed by atoms with van der Waals surface area (Å²) in [4.78, 5) is 12.3. The summed E-state index contributed by atoms with van der Waals surface area (Å²) in [7, 11) is 1.47. The molecule has 0 fully saturated rings. The lowest BCUT2D eigenvalue weighted by atomic mass is 10.2. The van der Waals surface area contributed by atoms with Crippen LogP contribution in [0.25, 0.3) is 10.9 Å². The first-order valence-electron chi connectivity index (χ1n) is 5.87. The molecule has 1 heterocycles. The Balaban J connectivity index is 0.000000270. The Morgan fingerprint density at radius 1 is 1.24 bits per heavy atom. The van der Waals surface area contributed by atoms with Crippen molar-refractivity contribution in [2.45, 2.75) is 31.4 Å². The number of benzene rings is 1. The second-order valence-corrected chi connectivity index (χ2v) is 8.10. The number of rotatable bonds is 2. The number of hydrogen-bond donors (Lipinski definition) is 1. The summed E-state index contributed by atoms with van der Waals surface area (Å²) in [6.07, 6.45) is 0. The van der Waals surface area contributed by atoms with Crippen molar-refractivity contribution in [3.63, 3.8) is 0 Å².